The van der Waals surface area contributed by atoms with Crippen molar-refractivity contribution in [1.29, 1.82) is 0 Å². The number of benzene rings is 2. The molecule has 3 aromatic rings. The van der Waals surface area contributed by atoms with Gasteiger partial charge in [-0.1, -0.05) is 30.3 Å². The second kappa shape index (κ2) is 6.67. The first-order valence-electron chi connectivity index (χ1n) is 8.69. The molecule has 5 heteroatoms. The molecular weight excluding hydrogens is 328 g/mol. The van der Waals surface area contributed by atoms with Crippen molar-refractivity contribution in [2.75, 3.05) is 13.7 Å². The van der Waals surface area contributed by atoms with Crippen LogP contribution in [0.4, 0.5) is 0 Å². The lowest BCUT2D eigenvalue weighted by Crippen LogP contribution is -2.47. The highest BCUT2D eigenvalue weighted by Crippen LogP contribution is 2.34. The number of likely N-dealkylation sites (tertiary alicyclic amines) is 1. The minimum atomic E-state index is -0.130. The maximum absolute atomic E-state index is 12.8. The number of hydrogen-bond acceptors (Lipinski definition) is 3. The van der Waals surface area contributed by atoms with E-state index in [1.165, 1.54) is 4.57 Å². The third kappa shape index (κ3) is 2.86. The molecule has 2 aromatic carbocycles. The van der Waals surface area contributed by atoms with E-state index in [0.717, 1.165) is 23.1 Å². The van der Waals surface area contributed by atoms with E-state index in [1.807, 2.05) is 53.4 Å². The van der Waals surface area contributed by atoms with Gasteiger partial charge in [0.05, 0.1) is 13.2 Å². The van der Waals surface area contributed by atoms with Gasteiger partial charge >= 0.3 is 0 Å². The van der Waals surface area contributed by atoms with Gasteiger partial charge in [-0.15, -0.1) is 0 Å². The van der Waals surface area contributed by atoms with E-state index in [1.54, 1.807) is 19.4 Å². The highest BCUT2D eigenvalue weighted by Gasteiger charge is 2.33. The maximum Gasteiger partial charge on any atom is 0.258 e. The molecule has 1 aliphatic heterocycles. The van der Waals surface area contributed by atoms with E-state index < -0.39 is 0 Å². The summed E-state index contributed by atoms with van der Waals surface area (Å²) in [4.78, 5) is 27.2. The van der Waals surface area contributed by atoms with E-state index in [-0.39, 0.29) is 24.1 Å². The van der Waals surface area contributed by atoms with Gasteiger partial charge in [-0.05, 0) is 41.6 Å². The number of nitrogens with zero attached hydrogens (tertiary/aromatic N) is 2. The molecule has 132 valence electrons. The quantitative estimate of drug-likeness (QED) is 0.728. The number of hydrogen-bond donors (Lipinski definition) is 0. The molecule has 0 N–H and O–H groups in total. The van der Waals surface area contributed by atoms with E-state index in [4.69, 9.17) is 4.74 Å². The van der Waals surface area contributed by atoms with E-state index >= 15 is 0 Å². The molecular formula is C21H20N2O3. The van der Waals surface area contributed by atoms with Gasteiger partial charge in [0.1, 0.15) is 12.3 Å². The number of aromatic nitrogens is 1. The van der Waals surface area contributed by atoms with Crippen molar-refractivity contribution in [2.45, 2.75) is 19.0 Å². The third-order valence-corrected chi connectivity index (χ3v) is 5.01. The van der Waals surface area contributed by atoms with E-state index in [0.29, 0.717) is 11.9 Å². The van der Waals surface area contributed by atoms with Crippen molar-refractivity contribution in [1.82, 2.24) is 9.47 Å². The van der Waals surface area contributed by atoms with Gasteiger partial charge in [0.25, 0.3) is 5.56 Å². The zero-order valence-corrected chi connectivity index (χ0v) is 14.6. The van der Waals surface area contributed by atoms with Crippen molar-refractivity contribution < 1.29 is 9.53 Å². The van der Waals surface area contributed by atoms with Gasteiger partial charge in [-0.25, -0.2) is 0 Å². The summed E-state index contributed by atoms with van der Waals surface area (Å²) < 4.78 is 6.76. The van der Waals surface area contributed by atoms with Gasteiger partial charge in [-0.3, -0.25) is 9.59 Å². The van der Waals surface area contributed by atoms with Crippen molar-refractivity contribution in [3.8, 4) is 5.75 Å². The molecule has 1 unspecified atom stereocenters. The second-order valence-electron chi connectivity index (χ2n) is 6.50. The summed E-state index contributed by atoms with van der Waals surface area (Å²) in [6.07, 6.45) is 2.62. The second-order valence-corrected chi connectivity index (χ2v) is 6.50. The Hall–Kier alpha value is -3.08. The molecule has 1 amide bonds. The Morgan fingerprint density at radius 3 is 2.77 bits per heavy atom. The lowest BCUT2D eigenvalue weighted by molar-refractivity contribution is -0.139. The molecule has 1 saturated heterocycles. The van der Waals surface area contributed by atoms with Crippen LogP contribution in [0.2, 0.25) is 0 Å². The summed E-state index contributed by atoms with van der Waals surface area (Å²) in [7, 11) is 1.63. The number of pyridine rings is 1. The largest absolute Gasteiger partial charge is 0.497 e. The molecule has 0 saturated carbocycles. The molecule has 1 aliphatic rings. The molecule has 26 heavy (non-hydrogen) atoms. The fourth-order valence-corrected chi connectivity index (χ4v) is 3.47. The fraction of sp³-hybridized carbons (Fsp3) is 0.238. The standard InChI is InChI=1S/C21H20N2O3/c1-26-17-7-4-6-16(13-17)19-10-12-23(19)20(24)14-22-11-9-15-5-2-3-8-18(15)21(22)25/h2-9,11,13,19H,10,12,14H2,1H3. The van der Waals surface area contributed by atoms with Crippen molar-refractivity contribution in [3.63, 3.8) is 0 Å². The maximum atomic E-state index is 12.8. The number of amides is 1. The number of carbonyl (C=O) groups is 1. The Morgan fingerprint density at radius 1 is 1.15 bits per heavy atom. The summed E-state index contributed by atoms with van der Waals surface area (Å²) in [6.45, 7) is 0.771. The molecule has 1 atom stereocenters. The molecule has 1 fully saturated rings. The summed E-state index contributed by atoms with van der Waals surface area (Å²) in [5, 5.41) is 1.52. The Morgan fingerprint density at radius 2 is 2.00 bits per heavy atom. The monoisotopic (exact) mass is 348 g/mol. The highest BCUT2D eigenvalue weighted by atomic mass is 16.5. The van der Waals surface area contributed by atoms with Crippen LogP contribution in [0.5, 0.6) is 5.75 Å². The lowest BCUT2D eigenvalue weighted by Gasteiger charge is -2.41. The minimum absolute atomic E-state index is 0.0403. The molecule has 0 bridgehead atoms. The molecule has 1 aromatic heterocycles. The summed E-state index contributed by atoms with van der Waals surface area (Å²) in [6, 6.07) is 17.2. The Balaban J connectivity index is 1.55. The predicted molar refractivity (Wildman–Crippen MR) is 100 cm³/mol. The molecule has 5 nitrogen and oxygen atoms in total. The van der Waals surface area contributed by atoms with Gasteiger partial charge in [0.2, 0.25) is 5.91 Å². The first-order chi connectivity index (χ1) is 12.7. The zero-order valence-electron chi connectivity index (χ0n) is 14.6. The first-order valence-corrected chi connectivity index (χ1v) is 8.69. The number of carbonyl (C=O) groups excluding carboxylic acids is 1. The van der Waals surface area contributed by atoms with E-state index in [9.17, 15) is 9.59 Å². The highest BCUT2D eigenvalue weighted by molar-refractivity contribution is 5.82. The van der Waals surface area contributed by atoms with E-state index in [2.05, 4.69) is 0 Å². The first kappa shape index (κ1) is 16.4. The zero-order chi connectivity index (χ0) is 18.1. The molecule has 0 spiro atoms. The van der Waals surface area contributed by atoms with Crippen molar-refractivity contribution in [2.24, 2.45) is 0 Å². The third-order valence-electron chi connectivity index (χ3n) is 5.01. The van der Waals surface area contributed by atoms with Crippen LogP contribution < -0.4 is 10.3 Å². The normalized spacial score (nSPS) is 16.3. The number of rotatable bonds is 4. The summed E-state index contributed by atoms with van der Waals surface area (Å²) in [5.41, 5.74) is 0.935. The van der Waals surface area contributed by atoms with Crippen LogP contribution in [0.15, 0.2) is 65.6 Å². The minimum Gasteiger partial charge on any atom is -0.497 e. The molecule has 4 rings (SSSR count). The van der Waals surface area contributed by atoms with Crippen LogP contribution in [0.3, 0.4) is 0 Å². The Labute approximate surface area is 151 Å². The molecule has 0 radical (unpaired) electrons. The smallest absolute Gasteiger partial charge is 0.258 e. The predicted octanol–water partition coefficient (Wildman–Crippen LogP) is 2.98. The van der Waals surface area contributed by atoms with Gasteiger partial charge < -0.3 is 14.2 Å². The van der Waals surface area contributed by atoms with Crippen molar-refractivity contribution in [3.05, 3.63) is 76.7 Å². The average Bonchev–Trinajstić information content (AvgIpc) is 2.63. The lowest BCUT2D eigenvalue weighted by atomic mass is 9.94. The van der Waals surface area contributed by atoms with Crippen LogP contribution >= 0.6 is 0 Å². The number of methoxy groups -OCH3 is 1. The summed E-state index contributed by atoms with van der Waals surface area (Å²) in [5.74, 6) is 0.744. The Kier molecular flexibility index (Phi) is 4.21. The van der Waals surface area contributed by atoms with Gasteiger partial charge in [0, 0.05) is 18.1 Å². The molecule has 2 heterocycles. The van der Waals surface area contributed by atoms with Crippen LogP contribution in [-0.4, -0.2) is 29.0 Å². The fourth-order valence-electron chi connectivity index (χ4n) is 3.47. The van der Waals surface area contributed by atoms with Crippen LogP contribution in [0.1, 0.15) is 18.0 Å². The van der Waals surface area contributed by atoms with Crippen LogP contribution in [-0.2, 0) is 11.3 Å². The van der Waals surface area contributed by atoms with Crippen molar-refractivity contribution >= 4 is 16.7 Å². The number of fused-ring (bicyclic) bond motifs is 1. The average molecular weight is 348 g/mol. The topological polar surface area (TPSA) is 51.5 Å². The van der Waals surface area contributed by atoms with Gasteiger partial charge in [0.15, 0.2) is 0 Å². The van der Waals surface area contributed by atoms with Gasteiger partial charge in [-0.2, -0.15) is 0 Å². The SMILES string of the molecule is COc1cccc(C2CCN2C(=O)Cn2ccc3ccccc3c2=O)c1. The molecule has 0 aliphatic carbocycles. The Bertz CT molecular complexity index is 1020. The summed E-state index contributed by atoms with van der Waals surface area (Å²) >= 11 is 0. The van der Waals surface area contributed by atoms with Crippen LogP contribution in [0, 0.1) is 0 Å². The number of ether oxygens (including phenoxy) is 1. The van der Waals surface area contributed by atoms with Crippen LogP contribution in [0.25, 0.3) is 10.8 Å².